The molecule has 2 atom stereocenters. The standard InChI is InChI=1S/C18H18F2N2O3/c19-13-7-6-12(8-14(13)20)10-16(18(24)25)22-17(23)15(21)9-11-4-2-1-3-5-11/h1-8,15-16H,9-10,21H2,(H,22,23)(H,24,25)/t15?,16-/m0/s1. The van der Waals surface area contributed by atoms with Crippen molar-refractivity contribution in [2.45, 2.75) is 24.9 Å². The number of carboxylic acid groups (broad SMARTS) is 1. The maximum absolute atomic E-state index is 13.2. The Morgan fingerprint density at radius 3 is 2.28 bits per heavy atom. The van der Waals surface area contributed by atoms with E-state index >= 15 is 0 Å². The van der Waals surface area contributed by atoms with E-state index in [2.05, 4.69) is 5.32 Å². The number of carbonyl (C=O) groups excluding carboxylic acids is 1. The van der Waals surface area contributed by atoms with Crippen molar-refractivity contribution in [1.82, 2.24) is 5.32 Å². The van der Waals surface area contributed by atoms with Crippen molar-refractivity contribution in [3.8, 4) is 0 Å². The summed E-state index contributed by atoms with van der Waals surface area (Å²) in [5.41, 5.74) is 6.92. The predicted molar refractivity (Wildman–Crippen MR) is 87.7 cm³/mol. The predicted octanol–water partition coefficient (Wildman–Crippen LogP) is 1.65. The third-order valence-corrected chi connectivity index (χ3v) is 3.67. The number of benzene rings is 2. The van der Waals surface area contributed by atoms with Crippen LogP contribution in [0.4, 0.5) is 8.78 Å². The van der Waals surface area contributed by atoms with E-state index in [0.29, 0.717) is 0 Å². The summed E-state index contributed by atoms with van der Waals surface area (Å²) in [4.78, 5) is 23.5. The molecule has 0 aliphatic carbocycles. The van der Waals surface area contributed by atoms with Gasteiger partial charge in [-0.25, -0.2) is 13.6 Å². The van der Waals surface area contributed by atoms with Crippen LogP contribution < -0.4 is 11.1 Å². The Morgan fingerprint density at radius 2 is 1.68 bits per heavy atom. The summed E-state index contributed by atoms with van der Waals surface area (Å²) in [6.45, 7) is 0. The molecular formula is C18H18F2N2O3. The summed E-state index contributed by atoms with van der Waals surface area (Å²) in [6, 6.07) is 9.93. The average molecular weight is 348 g/mol. The molecular weight excluding hydrogens is 330 g/mol. The van der Waals surface area contributed by atoms with Crippen molar-refractivity contribution in [3.05, 3.63) is 71.3 Å². The third-order valence-electron chi connectivity index (χ3n) is 3.67. The number of halogens is 2. The smallest absolute Gasteiger partial charge is 0.326 e. The molecule has 2 rings (SSSR count). The zero-order valence-corrected chi connectivity index (χ0v) is 13.3. The highest BCUT2D eigenvalue weighted by atomic mass is 19.2. The largest absolute Gasteiger partial charge is 0.480 e. The van der Waals surface area contributed by atoms with E-state index in [4.69, 9.17) is 5.73 Å². The van der Waals surface area contributed by atoms with Crippen molar-refractivity contribution < 1.29 is 23.5 Å². The lowest BCUT2D eigenvalue weighted by Crippen LogP contribution is -2.50. The van der Waals surface area contributed by atoms with Crippen LogP contribution in [0.1, 0.15) is 11.1 Å². The minimum Gasteiger partial charge on any atom is -0.480 e. The normalized spacial score (nSPS) is 13.1. The van der Waals surface area contributed by atoms with Gasteiger partial charge in [-0.05, 0) is 29.7 Å². The second-order valence-electron chi connectivity index (χ2n) is 5.65. The zero-order valence-electron chi connectivity index (χ0n) is 13.3. The number of amides is 1. The summed E-state index contributed by atoms with van der Waals surface area (Å²) in [5.74, 6) is -4.01. The summed E-state index contributed by atoms with van der Waals surface area (Å²) < 4.78 is 26.2. The van der Waals surface area contributed by atoms with E-state index in [1.54, 1.807) is 0 Å². The lowest BCUT2D eigenvalue weighted by Gasteiger charge is -2.18. The molecule has 0 heterocycles. The Hall–Kier alpha value is -2.80. The molecule has 0 aromatic heterocycles. The molecule has 2 aromatic carbocycles. The van der Waals surface area contributed by atoms with Crippen LogP contribution in [0, 0.1) is 11.6 Å². The van der Waals surface area contributed by atoms with Gasteiger partial charge in [-0.15, -0.1) is 0 Å². The first-order valence-electron chi connectivity index (χ1n) is 7.63. The van der Waals surface area contributed by atoms with E-state index in [1.165, 1.54) is 6.07 Å². The molecule has 1 unspecified atom stereocenters. The highest BCUT2D eigenvalue weighted by molar-refractivity contribution is 5.87. The fraction of sp³-hybridized carbons (Fsp3) is 0.222. The Morgan fingerprint density at radius 1 is 1.00 bits per heavy atom. The van der Waals surface area contributed by atoms with Gasteiger partial charge in [0, 0.05) is 6.42 Å². The highest BCUT2D eigenvalue weighted by Gasteiger charge is 2.24. The van der Waals surface area contributed by atoms with Crippen LogP contribution in [0.15, 0.2) is 48.5 Å². The van der Waals surface area contributed by atoms with Crippen molar-refractivity contribution in [2.75, 3.05) is 0 Å². The molecule has 0 spiro atoms. The van der Waals surface area contributed by atoms with Gasteiger partial charge in [0.25, 0.3) is 0 Å². The summed E-state index contributed by atoms with van der Waals surface area (Å²) >= 11 is 0. The third kappa shape index (κ3) is 5.36. The number of carboxylic acids is 1. The summed E-state index contributed by atoms with van der Waals surface area (Å²) in [5, 5.41) is 11.6. The minimum atomic E-state index is -1.29. The lowest BCUT2D eigenvalue weighted by atomic mass is 10.0. The van der Waals surface area contributed by atoms with Crippen LogP contribution in [0.2, 0.25) is 0 Å². The minimum absolute atomic E-state index is 0.184. The lowest BCUT2D eigenvalue weighted by molar-refractivity contribution is -0.141. The van der Waals surface area contributed by atoms with Crippen molar-refractivity contribution in [1.29, 1.82) is 0 Å². The van der Waals surface area contributed by atoms with Gasteiger partial charge >= 0.3 is 5.97 Å². The van der Waals surface area contributed by atoms with Crippen LogP contribution in [-0.2, 0) is 22.4 Å². The molecule has 1 amide bonds. The van der Waals surface area contributed by atoms with Crippen LogP contribution >= 0.6 is 0 Å². The molecule has 0 saturated heterocycles. The van der Waals surface area contributed by atoms with Gasteiger partial charge in [0.15, 0.2) is 11.6 Å². The summed E-state index contributed by atoms with van der Waals surface area (Å²) in [6.07, 6.45) is 0.0700. The number of nitrogens with two attached hydrogens (primary N) is 1. The molecule has 0 saturated carbocycles. The molecule has 0 aliphatic rings. The second-order valence-corrected chi connectivity index (χ2v) is 5.65. The van der Waals surface area contributed by atoms with Crippen LogP contribution in [0.3, 0.4) is 0 Å². The van der Waals surface area contributed by atoms with Gasteiger partial charge in [0.05, 0.1) is 6.04 Å². The van der Waals surface area contributed by atoms with Gasteiger partial charge in [-0.3, -0.25) is 4.79 Å². The molecule has 0 radical (unpaired) electrons. The van der Waals surface area contributed by atoms with E-state index in [-0.39, 0.29) is 18.4 Å². The van der Waals surface area contributed by atoms with E-state index < -0.39 is 35.6 Å². The van der Waals surface area contributed by atoms with Crippen LogP contribution in [-0.4, -0.2) is 29.1 Å². The molecule has 0 fully saturated rings. The van der Waals surface area contributed by atoms with E-state index in [9.17, 15) is 23.5 Å². The van der Waals surface area contributed by atoms with E-state index in [1.807, 2.05) is 30.3 Å². The highest BCUT2D eigenvalue weighted by Crippen LogP contribution is 2.11. The maximum Gasteiger partial charge on any atom is 0.326 e. The van der Waals surface area contributed by atoms with Crippen molar-refractivity contribution in [2.24, 2.45) is 5.73 Å². The molecule has 4 N–H and O–H groups in total. The van der Waals surface area contributed by atoms with Crippen molar-refractivity contribution >= 4 is 11.9 Å². The molecule has 25 heavy (non-hydrogen) atoms. The first-order chi connectivity index (χ1) is 11.9. The van der Waals surface area contributed by atoms with Gasteiger partial charge in [-0.1, -0.05) is 36.4 Å². The Balaban J connectivity index is 2.01. The number of carbonyl (C=O) groups is 2. The number of aliphatic carboxylic acids is 1. The fourth-order valence-corrected chi connectivity index (χ4v) is 2.34. The molecule has 0 bridgehead atoms. The van der Waals surface area contributed by atoms with Gasteiger partial charge in [-0.2, -0.15) is 0 Å². The van der Waals surface area contributed by atoms with Crippen LogP contribution in [0.5, 0.6) is 0 Å². The molecule has 0 aliphatic heterocycles. The Bertz CT molecular complexity index is 753. The number of rotatable bonds is 7. The first kappa shape index (κ1) is 18.5. The van der Waals surface area contributed by atoms with E-state index in [0.717, 1.165) is 17.7 Å². The second kappa shape index (κ2) is 8.34. The fourth-order valence-electron chi connectivity index (χ4n) is 2.34. The number of hydrogen-bond donors (Lipinski definition) is 3. The first-order valence-corrected chi connectivity index (χ1v) is 7.63. The molecule has 2 aromatic rings. The van der Waals surface area contributed by atoms with Gasteiger partial charge in [0.2, 0.25) is 5.91 Å². The average Bonchev–Trinajstić information content (AvgIpc) is 2.58. The zero-order chi connectivity index (χ0) is 18.4. The Kier molecular flexibility index (Phi) is 6.19. The number of hydrogen-bond acceptors (Lipinski definition) is 3. The summed E-state index contributed by atoms with van der Waals surface area (Å²) in [7, 11) is 0. The Labute approximate surface area is 143 Å². The topological polar surface area (TPSA) is 92.4 Å². The molecule has 132 valence electrons. The SMILES string of the molecule is NC(Cc1ccccc1)C(=O)N[C@@H](Cc1ccc(F)c(F)c1)C(=O)O. The monoisotopic (exact) mass is 348 g/mol. The van der Waals surface area contributed by atoms with Crippen molar-refractivity contribution in [3.63, 3.8) is 0 Å². The quantitative estimate of drug-likeness (QED) is 0.709. The number of nitrogens with one attached hydrogen (secondary N) is 1. The molecule has 5 nitrogen and oxygen atoms in total. The maximum atomic E-state index is 13.2. The van der Waals surface area contributed by atoms with Gasteiger partial charge in [0.1, 0.15) is 6.04 Å². The van der Waals surface area contributed by atoms with Gasteiger partial charge < -0.3 is 16.2 Å². The van der Waals surface area contributed by atoms with Crippen LogP contribution in [0.25, 0.3) is 0 Å². The molecule has 7 heteroatoms.